The molecule has 3 aliphatic heterocycles. The molecule has 0 saturated carbocycles. The molecule has 0 aliphatic carbocycles. The standard InChI is InChI=1S/C23H29N5O3/c1-17-13-21(26-7-3-2-4-8-26)25-23(24-17)28-11-9-27(10-12-28)22(29)15-18-5-6-19-20(14-18)31-16-30-19/h5-6,13-14H,2-4,7-12,15-16H2,1H3. The number of aromatic nitrogens is 2. The van der Waals surface area contributed by atoms with Gasteiger partial charge in [-0.2, -0.15) is 4.98 Å². The predicted octanol–water partition coefficient (Wildman–Crippen LogP) is 2.40. The van der Waals surface area contributed by atoms with Crippen LogP contribution in [0.4, 0.5) is 11.8 Å². The van der Waals surface area contributed by atoms with E-state index in [2.05, 4.69) is 20.9 Å². The van der Waals surface area contributed by atoms with Crippen molar-refractivity contribution in [1.82, 2.24) is 14.9 Å². The first-order valence-electron chi connectivity index (χ1n) is 11.2. The zero-order chi connectivity index (χ0) is 21.2. The number of ether oxygens (including phenoxy) is 2. The van der Waals surface area contributed by atoms with Crippen LogP contribution in [0.3, 0.4) is 0 Å². The lowest BCUT2D eigenvalue weighted by Gasteiger charge is -2.35. The van der Waals surface area contributed by atoms with E-state index in [1.54, 1.807) is 0 Å². The number of aryl methyl sites for hydroxylation is 1. The molecular weight excluding hydrogens is 394 g/mol. The Bertz CT molecular complexity index is 952. The monoisotopic (exact) mass is 423 g/mol. The van der Waals surface area contributed by atoms with Crippen LogP contribution < -0.4 is 19.3 Å². The van der Waals surface area contributed by atoms with Gasteiger partial charge in [-0.25, -0.2) is 4.98 Å². The van der Waals surface area contributed by atoms with Crippen molar-refractivity contribution in [3.05, 3.63) is 35.5 Å². The third-order valence-electron chi connectivity index (χ3n) is 6.22. The zero-order valence-corrected chi connectivity index (χ0v) is 18.0. The van der Waals surface area contributed by atoms with Crippen molar-refractivity contribution in [3.8, 4) is 11.5 Å². The number of carbonyl (C=O) groups excluding carboxylic acids is 1. The number of piperazine rings is 1. The number of amides is 1. The van der Waals surface area contributed by atoms with E-state index in [0.717, 1.165) is 60.7 Å². The van der Waals surface area contributed by atoms with Crippen LogP contribution in [0.15, 0.2) is 24.3 Å². The summed E-state index contributed by atoms with van der Waals surface area (Å²) in [5.74, 6) is 3.41. The maximum Gasteiger partial charge on any atom is 0.231 e. The van der Waals surface area contributed by atoms with Gasteiger partial charge in [-0.3, -0.25) is 4.79 Å². The summed E-state index contributed by atoms with van der Waals surface area (Å²) in [5, 5.41) is 0. The molecule has 1 aromatic heterocycles. The fourth-order valence-corrected chi connectivity index (χ4v) is 4.46. The third-order valence-corrected chi connectivity index (χ3v) is 6.22. The fourth-order valence-electron chi connectivity index (χ4n) is 4.46. The van der Waals surface area contributed by atoms with Gasteiger partial charge in [0.2, 0.25) is 18.6 Å². The average molecular weight is 424 g/mol. The van der Waals surface area contributed by atoms with Crippen molar-refractivity contribution in [1.29, 1.82) is 0 Å². The average Bonchev–Trinajstić information content (AvgIpc) is 3.27. The van der Waals surface area contributed by atoms with Gasteiger partial charge in [-0.1, -0.05) is 6.07 Å². The van der Waals surface area contributed by atoms with Gasteiger partial charge in [0.15, 0.2) is 11.5 Å². The van der Waals surface area contributed by atoms with E-state index in [0.29, 0.717) is 19.5 Å². The maximum absolute atomic E-state index is 12.8. The number of fused-ring (bicyclic) bond motifs is 1. The number of hydrogen-bond acceptors (Lipinski definition) is 7. The second kappa shape index (κ2) is 8.61. The molecule has 8 nitrogen and oxygen atoms in total. The number of piperidine rings is 1. The summed E-state index contributed by atoms with van der Waals surface area (Å²) < 4.78 is 10.8. The van der Waals surface area contributed by atoms with Gasteiger partial charge in [0.1, 0.15) is 5.82 Å². The van der Waals surface area contributed by atoms with E-state index >= 15 is 0 Å². The van der Waals surface area contributed by atoms with Crippen molar-refractivity contribution < 1.29 is 14.3 Å². The smallest absolute Gasteiger partial charge is 0.231 e. The second-order valence-corrected chi connectivity index (χ2v) is 8.45. The molecule has 1 amide bonds. The quantitative estimate of drug-likeness (QED) is 0.748. The first-order chi connectivity index (χ1) is 15.2. The van der Waals surface area contributed by atoms with Gasteiger partial charge in [-0.05, 0) is 43.9 Å². The molecule has 2 saturated heterocycles. The van der Waals surface area contributed by atoms with Crippen LogP contribution in [-0.4, -0.2) is 66.8 Å². The van der Waals surface area contributed by atoms with Crippen LogP contribution in [0.1, 0.15) is 30.5 Å². The molecule has 1 aromatic carbocycles. The van der Waals surface area contributed by atoms with Gasteiger partial charge in [0.25, 0.3) is 0 Å². The lowest BCUT2D eigenvalue weighted by molar-refractivity contribution is -0.130. The van der Waals surface area contributed by atoms with Crippen LogP contribution in [0, 0.1) is 6.92 Å². The Hall–Kier alpha value is -3.03. The van der Waals surface area contributed by atoms with E-state index in [9.17, 15) is 4.79 Å². The summed E-state index contributed by atoms with van der Waals surface area (Å²) in [5.41, 5.74) is 1.94. The van der Waals surface area contributed by atoms with Crippen molar-refractivity contribution in [2.75, 3.05) is 55.9 Å². The van der Waals surface area contributed by atoms with Crippen molar-refractivity contribution in [2.24, 2.45) is 0 Å². The van der Waals surface area contributed by atoms with E-state index in [1.807, 2.05) is 30.0 Å². The molecule has 0 atom stereocenters. The van der Waals surface area contributed by atoms with Crippen molar-refractivity contribution in [3.63, 3.8) is 0 Å². The molecule has 0 N–H and O–H groups in total. The minimum absolute atomic E-state index is 0.137. The summed E-state index contributed by atoms with van der Waals surface area (Å²) in [6.45, 7) is 7.26. The third kappa shape index (κ3) is 4.38. The minimum Gasteiger partial charge on any atom is -0.454 e. The maximum atomic E-state index is 12.8. The van der Waals surface area contributed by atoms with E-state index in [4.69, 9.17) is 14.5 Å². The molecule has 2 fully saturated rings. The largest absolute Gasteiger partial charge is 0.454 e. The molecule has 31 heavy (non-hydrogen) atoms. The molecule has 0 bridgehead atoms. The Morgan fingerprint density at radius 2 is 1.68 bits per heavy atom. The number of hydrogen-bond donors (Lipinski definition) is 0. The number of anilines is 2. The summed E-state index contributed by atoms with van der Waals surface area (Å²) >= 11 is 0. The Labute approximate surface area is 182 Å². The molecule has 0 unspecified atom stereocenters. The number of rotatable bonds is 4. The first kappa shape index (κ1) is 19.9. The Morgan fingerprint density at radius 3 is 2.48 bits per heavy atom. The van der Waals surface area contributed by atoms with Gasteiger partial charge >= 0.3 is 0 Å². The van der Waals surface area contributed by atoms with Gasteiger partial charge in [-0.15, -0.1) is 0 Å². The Balaban J connectivity index is 1.20. The molecule has 164 valence electrons. The van der Waals surface area contributed by atoms with E-state index in [1.165, 1.54) is 19.3 Å². The number of nitrogens with zero attached hydrogens (tertiary/aromatic N) is 5. The first-order valence-corrected chi connectivity index (χ1v) is 11.2. The summed E-state index contributed by atoms with van der Waals surface area (Å²) in [6, 6.07) is 7.79. The van der Waals surface area contributed by atoms with E-state index in [-0.39, 0.29) is 12.7 Å². The van der Waals surface area contributed by atoms with Gasteiger partial charge in [0.05, 0.1) is 6.42 Å². The summed E-state index contributed by atoms with van der Waals surface area (Å²) in [7, 11) is 0. The molecule has 0 spiro atoms. The topological polar surface area (TPSA) is 71.0 Å². The Kier molecular flexibility index (Phi) is 5.53. The van der Waals surface area contributed by atoms with Gasteiger partial charge < -0.3 is 24.2 Å². The minimum atomic E-state index is 0.137. The SMILES string of the molecule is Cc1cc(N2CCCCC2)nc(N2CCN(C(=O)Cc3ccc4c(c3)OCO4)CC2)n1. The molecule has 0 radical (unpaired) electrons. The van der Waals surface area contributed by atoms with Crippen LogP contribution >= 0.6 is 0 Å². The van der Waals surface area contributed by atoms with E-state index < -0.39 is 0 Å². The highest BCUT2D eigenvalue weighted by Crippen LogP contribution is 2.32. The van der Waals surface area contributed by atoms with Crippen molar-refractivity contribution in [2.45, 2.75) is 32.6 Å². The normalized spacial score (nSPS) is 18.4. The molecule has 4 heterocycles. The lowest BCUT2D eigenvalue weighted by Crippen LogP contribution is -2.49. The van der Waals surface area contributed by atoms with Crippen LogP contribution in [0.2, 0.25) is 0 Å². The molecule has 8 heteroatoms. The molecular formula is C23H29N5O3. The summed E-state index contributed by atoms with van der Waals surface area (Å²) in [6.07, 6.45) is 4.12. The van der Waals surface area contributed by atoms with Crippen LogP contribution in [-0.2, 0) is 11.2 Å². The second-order valence-electron chi connectivity index (χ2n) is 8.45. The fraction of sp³-hybridized carbons (Fsp3) is 0.522. The van der Waals surface area contributed by atoms with Crippen LogP contribution in [0.5, 0.6) is 11.5 Å². The highest BCUT2D eigenvalue weighted by Gasteiger charge is 2.24. The number of benzene rings is 1. The summed E-state index contributed by atoms with van der Waals surface area (Å²) in [4.78, 5) is 28.9. The molecule has 3 aliphatic rings. The zero-order valence-electron chi connectivity index (χ0n) is 18.0. The Morgan fingerprint density at radius 1 is 0.903 bits per heavy atom. The highest BCUT2D eigenvalue weighted by atomic mass is 16.7. The number of carbonyl (C=O) groups is 1. The molecule has 5 rings (SSSR count). The van der Waals surface area contributed by atoms with Crippen molar-refractivity contribution >= 4 is 17.7 Å². The molecule has 2 aromatic rings. The highest BCUT2D eigenvalue weighted by molar-refractivity contribution is 5.79. The predicted molar refractivity (Wildman–Crippen MR) is 118 cm³/mol. The van der Waals surface area contributed by atoms with Crippen LogP contribution in [0.25, 0.3) is 0 Å². The van der Waals surface area contributed by atoms with Gasteiger partial charge in [0, 0.05) is 51.0 Å². The lowest BCUT2D eigenvalue weighted by atomic mass is 10.1.